The summed E-state index contributed by atoms with van der Waals surface area (Å²) >= 11 is 0. The Bertz CT molecular complexity index is 1520. The highest BCUT2D eigenvalue weighted by molar-refractivity contribution is 5.95. The smallest absolute Gasteiger partial charge is 0.270 e. The molecule has 6 rings (SSSR count). The summed E-state index contributed by atoms with van der Waals surface area (Å²) in [5.74, 6) is 0.420. The highest BCUT2D eigenvalue weighted by atomic mass is 16.2. The maximum atomic E-state index is 13.0. The lowest BCUT2D eigenvalue weighted by Gasteiger charge is -2.34. The number of tetrazole rings is 1. The highest BCUT2D eigenvalue weighted by Gasteiger charge is 2.26. The van der Waals surface area contributed by atoms with Gasteiger partial charge in [-0.15, -0.1) is 5.10 Å². The molecule has 0 aliphatic carbocycles. The van der Waals surface area contributed by atoms with E-state index >= 15 is 0 Å². The Morgan fingerprint density at radius 1 is 0.857 bits per heavy atom. The van der Waals surface area contributed by atoms with E-state index in [0.717, 1.165) is 16.7 Å². The van der Waals surface area contributed by atoms with Crippen molar-refractivity contribution in [2.24, 2.45) is 0 Å². The lowest BCUT2D eigenvalue weighted by Crippen LogP contribution is -2.50. The third-order valence-electron chi connectivity index (χ3n) is 6.10. The second kappa shape index (κ2) is 8.52. The van der Waals surface area contributed by atoms with E-state index in [9.17, 15) is 9.59 Å². The van der Waals surface area contributed by atoms with Gasteiger partial charge >= 0.3 is 0 Å². The molecule has 3 aromatic heterocycles. The maximum absolute atomic E-state index is 13.0. The van der Waals surface area contributed by atoms with Gasteiger partial charge in [-0.05, 0) is 59.0 Å². The summed E-state index contributed by atoms with van der Waals surface area (Å²) in [6.45, 7) is 1.98. The van der Waals surface area contributed by atoms with Crippen LogP contribution in [-0.2, 0) is 0 Å². The van der Waals surface area contributed by atoms with Gasteiger partial charge in [-0.1, -0.05) is 12.1 Å². The molecule has 1 aliphatic rings. The molecular weight excluding hydrogens is 446 g/mol. The minimum atomic E-state index is -0.0589. The van der Waals surface area contributed by atoms with Gasteiger partial charge in [0.15, 0.2) is 5.82 Å². The highest BCUT2D eigenvalue weighted by Crippen LogP contribution is 2.23. The lowest BCUT2D eigenvalue weighted by atomic mass is 10.1. The van der Waals surface area contributed by atoms with Crippen molar-refractivity contribution in [3.8, 4) is 0 Å². The molecule has 0 saturated carbocycles. The van der Waals surface area contributed by atoms with E-state index in [4.69, 9.17) is 0 Å². The van der Waals surface area contributed by atoms with Crippen molar-refractivity contribution < 1.29 is 9.59 Å². The summed E-state index contributed by atoms with van der Waals surface area (Å²) in [5.41, 5.74) is 3.99. The van der Waals surface area contributed by atoms with Crippen molar-refractivity contribution in [3.05, 3.63) is 78.1 Å². The fourth-order valence-electron chi connectivity index (χ4n) is 4.25. The normalized spacial score (nSPS) is 13.9. The van der Waals surface area contributed by atoms with Gasteiger partial charge in [0.2, 0.25) is 5.65 Å². The SMILES string of the molecule is O=C(c1ccc(Nc2nc3ccccc3n3nnnc23)cc1)N1CCN(C(=O)c2ccc[nH]2)CC1. The Morgan fingerprint density at radius 3 is 2.34 bits per heavy atom. The molecular formula is C24H21N9O2. The number of para-hydroxylation sites is 2. The zero-order valence-electron chi connectivity index (χ0n) is 18.6. The van der Waals surface area contributed by atoms with Crippen LogP contribution in [0, 0.1) is 0 Å². The number of piperazine rings is 1. The number of hydrogen-bond acceptors (Lipinski definition) is 7. The van der Waals surface area contributed by atoms with Crippen LogP contribution < -0.4 is 5.32 Å². The summed E-state index contributed by atoms with van der Waals surface area (Å²) in [6, 6.07) is 18.4. The predicted octanol–water partition coefficient (Wildman–Crippen LogP) is 2.34. The van der Waals surface area contributed by atoms with Crippen molar-refractivity contribution in [2.75, 3.05) is 31.5 Å². The molecule has 174 valence electrons. The van der Waals surface area contributed by atoms with Gasteiger partial charge in [-0.2, -0.15) is 4.52 Å². The van der Waals surface area contributed by atoms with Crippen LogP contribution in [0.2, 0.25) is 0 Å². The topological polar surface area (TPSA) is 124 Å². The summed E-state index contributed by atoms with van der Waals surface area (Å²) in [4.78, 5) is 36.6. The number of nitrogens with one attached hydrogen (secondary N) is 2. The monoisotopic (exact) mass is 467 g/mol. The first-order chi connectivity index (χ1) is 17.2. The third-order valence-corrected chi connectivity index (χ3v) is 6.10. The van der Waals surface area contributed by atoms with Crippen molar-refractivity contribution >= 4 is 40.0 Å². The van der Waals surface area contributed by atoms with E-state index in [2.05, 4.69) is 30.8 Å². The maximum Gasteiger partial charge on any atom is 0.270 e. The molecule has 0 unspecified atom stereocenters. The zero-order valence-corrected chi connectivity index (χ0v) is 18.6. The van der Waals surface area contributed by atoms with Gasteiger partial charge in [-0.3, -0.25) is 9.59 Å². The van der Waals surface area contributed by atoms with Gasteiger partial charge in [0.1, 0.15) is 5.69 Å². The molecule has 11 nitrogen and oxygen atoms in total. The molecule has 0 spiro atoms. The van der Waals surface area contributed by atoms with Crippen LogP contribution in [-0.4, -0.2) is 77.8 Å². The number of carbonyl (C=O) groups is 2. The first-order valence-corrected chi connectivity index (χ1v) is 11.2. The van der Waals surface area contributed by atoms with Gasteiger partial charge in [0.25, 0.3) is 11.8 Å². The average molecular weight is 467 g/mol. The average Bonchev–Trinajstić information content (AvgIpc) is 3.62. The van der Waals surface area contributed by atoms with Crippen molar-refractivity contribution in [1.82, 2.24) is 39.8 Å². The van der Waals surface area contributed by atoms with Crippen LogP contribution in [0.5, 0.6) is 0 Å². The standard InChI is InChI=1S/C24H21N9O2/c34-23(31-12-14-32(15-13-31)24(35)19-5-3-11-25-19)16-7-9-17(10-8-16)26-21-22-28-29-30-33(22)20-6-2-1-4-18(20)27-21/h1-11,25H,12-15H2,(H,26,27). The molecule has 4 heterocycles. The number of aromatic amines is 1. The van der Waals surface area contributed by atoms with Gasteiger partial charge in [0, 0.05) is 43.6 Å². The Kier molecular flexibility index (Phi) is 5.06. The molecule has 2 N–H and O–H groups in total. The molecule has 5 aromatic rings. The second-order valence-corrected chi connectivity index (χ2v) is 8.23. The number of hydrogen-bond donors (Lipinski definition) is 2. The van der Waals surface area contributed by atoms with Gasteiger partial charge in [-0.25, -0.2) is 4.98 Å². The lowest BCUT2D eigenvalue weighted by molar-refractivity contribution is 0.0532. The molecule has 0 radical (unpaired) electrons. The Morgan fingerprint density at radius 2 is 1.60 bits per heavy atom. The quantitative estimate of drug-likeness (QED) is 0.416. The predicted molar refractivity (Wildman–Crippen MR) is 128 cm³/mol. The summed E-state index contributed by atoms with van der Waals surface area (Å²) < 4.78 is 1.64. The van der Waals surface area contributed by atoms with E-state index in [-0.39, 0.29) is 11.8 Å². The number of fused-ring (bicyclic) bond motifs is 3. The number of H-pyrrole nitrogens is 1. The number of aromatic nitrogens is 6. The minimum absolute atomic E-state index is 0.0446. The molecule has 1 aliphatic heterocycles. The van der Waals surface area contributed by atoms with Gasteiger partial charge < -0.3 is 20.1 Å². The van der Waals surface area contributed by atoms with Crippen LogP contribution in [0.3, 0.4) is 0 Å². The second-order valence-electron chi connectivity index (χ2n) is 8.23. The number of nitrogens with zero attached hydrogens (tertiary/aromatic N) is 7. The van der Waals surface area contributed by atoms with Crippen LogP contribution in [0.1, 0.15) is 20.8 Å². The first kappa shape index (κ1) is 20.8. The summed E-state index contributed by atoms with van der Waals surface area (Å²) in [5, 5.41) is 15.2. The molecule has 0 atom stereocenters. The van der Waals surface area contributed by atoms with E-state index in [1.54, 1.807) is 44.8 Å². The number of benzene rings is 2. The Labute approximate surface area is 199 Å². The van der Waals surface area contributed by atoms with Crippen LogP contribution in [0.25, 0.3) is 16.7 Å². The number of amides is 2. The number of carbonyl (C=O) groups excluding carboxylic acids is 2. The van der Waals surface area contributed by atoms with Crippen LogP contribution >= 0.6 is 0 Å². The van der Waals surface area contributed by atoms with Crippen molar-refractivity contribution in [1.29, 1.82) is 0 Å². The summed E-state index contributed by atoms with van der Waals surface area (Å²) in [6.07, 6.45) is 1.73. The van der Waals surface area contributed by atoms with Crippen molar-refractivity contribution in [2.45, 2.75) is 0 Å². The van der Waals surface area contributed by atoms with Crippen LogP contribution in [0.15, 0.2) is 66.9 Å². The Balaban J connectivity index is 1.14. The zero-order chi connectivity index (χ0) is 23.8. The fraction of sp³-hybridized carbons (Fsp3) is 0.167. The summed E-state index contributed by atoms with van der Waals surface area (Å²) in [7, 11) is 0. The minimum Gasteiger partial charge on any atom is -0.357 e. The molecule has 35 heavy (non-hydrogen) atoms. The van der Waals surface area contributed by atoms with E-state index in [1.165, 1.54) is 0 Å². The molecule has 11 heteroatoms. The van der Waals surface area contributed by atoms with Crippen molar-refractivity contribution in [3.63, 3.8) is 0 Å². The van der Waals surface area contributed by atoms with E-state index < -0.39 is 0 Å². The van der Waals surface area contributed by atoms with Crippen LogP contribution in [0.4, 0.5) is 11.5 Å². The molecule has 1 saturated heterocycles. The molecule has 1 fully saturated rings. The van der Waals surface area contributed by atoms with Gasteiger partial charge in [0.05, 0.1) is 11.0 Å². The third kappa shape index (κ3) is 3.82. The first-order valence-electron chi connectivity index (χ1n) is 11.2. The van der Waals surface area contributed by atoms with E-state index in [0.29, 0.717) is 48.9 Å². The van der Waals surface area contributed by atoms with E-state index in [1.807, 2.05) is 36.4 Å². The molecule has 2 aromatic carbocycles. The largest absolute Gasteiger partial charge is 0.357 e. The Hall–Kier alpha value is -4.80. The number of rotatable bonds is 4. The fourth-order valence-corrected chi connectivity index (χ4v) is 4.25. The number of anilines is 2. The molecule has 0 bridgehead atoms. The molecule has 2 amide bonds.